The van der Waals surface area contributed by atoms with E-state index in [-0.39, 0.29) is 29.2 Å². The number of carbonyl (C=O) groups excluding carboxylic acids is 2. The van der Waals surface area contributed by atoms with Gasteiger partial charge in [0, 0.05) is 31.7 Å². The Labute approximate surface area is 127 Å². The lowest BCUT2D eigenvalue weighted by atomic mass is 10.1. The standard InChI is InChI=1S/C15H16ClFN2O2/c16-12-8-11(3-4-13(12)17)19-9-10(7-14(19)20)15(21)18-5-1-2-6-18/h3-4,8,10H,1-2,5-7,9H2. The molecule has 0 aromatic heterocycles. The molecule has 0 aliphatic carbocycles. The van der Waals surface area contributed by atoms with E-state index in [0.29, 0.717) is 12.2 Å². The molecule has 2 aliphatic heterocycles. The normalized spacial score (nSPS) is 22.2. The van der Waals surface area contributed by atoms with Crippen LogP contribution in [0.25, 0.3) is 0 Å². The molecule has 3 rings (SSSR count). The highest BCUT2D eigenvalue weighted by molar-refractivity contribution is 6.31. The average Bonchev–Trinajstić information content (AvgIpc) is 3.10. The van der Waals surface area contributed by atoms with Crippen molar-refractivity contribution in [3.63, 3.8) is 0 Å². The summed E-state index contributed by atoms with van der Waals surface area (Å²) >= 11 is 5.75. The minimum Gasteiger partial charge on any atom is -0.342 e. The fraction of sp³-hybridized carbons (Fsp3) is 0.467. The Morgan fingerprint density at radius 3 is 2.67 bits per heavy atom. The number of carbonyl (C=O) groups is 2. The second kappa shape index (κ2) is 5.64. The van der Waals surface area contributed by atoms with Crippen molar-refractivity contribution in [2.75, 3.05) is 24.5 Å². The van der Waals surface area contributed by atoms with Crippen LogP contribution in [-0.4, -0.2) is 36.3 Å². The van der Waals surface area contributed by atoms with Crippen molar-refractivity contribution >= 4 is 29.1 Å². The number of hydrogen-bond acceptors (Lipinski definition) is 2. The molecule has 0 bridgehead atoms. The molecule has 0 saturated carbocycles. The maximum atomic E-state index is 13.2. The van der Waals surface area contributed by atoms with Gasteiger partial charge in [0.25, 0.3) is 0 Å². The lowest BCUT2D eigenvalue weighted by Gasteiger charge is -2.20. The van der Waals surface area contributed by atoms with Gasteiger partial charge in [-0.25, -0.2) is 4.39 Å². The van der Waals surface area contributed by atoms with E-state index in [9.17, 15) is 14.0 Å². The molecule has 1 aromatic rings. The van der Waals surface area contributed by atoms with Crippen LogP contribution in [-0.2, 0) is 9.59 Å². The minimum absolute atomic E-state index is 0.0189. The van der Waals surface area contributed by atoms with E-state index in [1.54, 1.807) is 0 Å². The van der Waals surface area contributed by atoms with Crippen LogP contribution in [0.2, 0.25) is 5.02 Å². The highest BCUT2D eigenvalue weighted by Crippen LogP contribution is 2.29. The first-order chi connectivity index (χ1) is 10.1. The van der Waals surface area contributed by atoms with Crippen molar-refractivity contribution in [2.24, 2.45) is 5.92 Å². The number of rotatable bonds is 2. The van der Waals surface area contributed by atoms with Gasteiger partial charge >= 0.3 is 0 Å². The van der Waals surface area contributed by atoms with E-state index >= 15 is 0 Å². The van der Waals surface area contributed by atoms with Crippen LogP contribution >= 0.6 is 11.6 Å². The molecule has 4 nitrogen and oxygen atoms in total. The largest absolute Gasteiger partial charge is 0.342 e. The molecule has 112 valence electrons. The first-order valence-electron chi connectivity index (χ1n) is 7.10. The number of nitrogens with zero attached hydrogens (tertiary/aromatic N) is 2. The van der Waals surface area contributed by atoms with Crippen LogP contribution in [0.3, 0.4) is 0 Å². The fourth-order valence-electron chi connectivity index (χ4n) is 2.97. The fourth-order valence-corrected chi connectivity index (χ4v) is 3.15. The van der Waals surface area contributed by atoms with Crippen LogP contribution in [0, 0.1) is 11.7 Å². The maximum Gasteiger partial charge on any atom is 0.228 e. The zero-order chi connectivity index (χ0) is 15.0. The molecule has 6 heteroatoms. The predicted molar refractivity (Wildman–Crippen MR) is 77.7 cm³/mol. The third-order valence-electron chi connectivity index (χ3n) is 4.11. The van der Waals surface area contributed by atoms with Gasteiger partial charge in [-0.3, -0.25) is 9.59 Å². The number of amides is 2. The summed E-state index contributed by atoms with van der Waals surface area (Å²) in [5, 5.41) is -0.0189. The van der Waals surface area contributed by atoms with Crippen molar-refractivity contribution in [1.82, 2.24) is 4.90 Å². The quantitative estimate of drug-likeness (QED) is 0.842. The van der Waals surface area contributed by atoms with E-state index in [4.69, 9.17) is 11.6 Å². The highest BCUT2D eigenvalue weighted by atomic mass is 35.5. The molecule has 21 heavy (non-hydrogen) atoms. The average molecular weight is 311 g/mol. The third kappa shape index (κ3) is 2.75. The summed E-state index contributed by atoms with van der Waals surface area (Å²) in [6.07, 6.45) is 2.28. The summed E-state index contributed by atoms with van der Waals surface area (Å²) in [6.45, 7) is 1.91. The Morgan fingerprint density at radius 1 is 1.29 bits per heavy atom. The molecule has 2 aliphatic rings. The Hall–Kier alpha value is -1.62. The molecule has 2 amide bonds. The molecule has 2 fully saturated rings. The monoisotopic (exact) mass is 310 g/mol. The van der Waals surface area contributed by atoms with Crippen molar-refractivity contribution < 1.29 is 14.0 Å². The smallest absolute Gasteiger partial charge is 0.228 e. The highest BCUT2D eigenvalue weighted by Gasteiger charge is 2.37. The minimum atomic E-state index is -0.517. The summed E-state index contributed by atoms with van der Waals surface area (Å²) in [4.78, 5) is 27.8. The van der Waals surface area contributed by atoms with Crippen molar-refractivity contribution in [3.05, 3.63) is 29.0 Å². The van der Waals surface area contributed by atoms with E-state index in [1.807, 2.05) is 4.90 Å². The topological polar surface area (TPSA) is 40.6 Å². The number of benzene rings is 1. The van der Waals surface area contributed by atoms with Gasteiger partial charge in [-0.2, -0.15) is 0 Å². The van der Waals surface area contributed by atoms with Crippen LogP contribution in [0.1, 0.15) is 19.3 Å². The number of halogens is 2. The van der Waals surface area contributed by atoms with Gasteiger partial charge in [-0.05, 0) is 31.0 Å². The summed E-state index contributed by atoms with van der Waals surface area (Å²) in [7, 11) is 0. The molecule has 0 N–H and O–H groups in total. The first kappa shape index (κ1) is 14.3. The number of hydrogen-bond donors (Lipinski definition) is 0. The van der Waals surface area contributed by atoms with E-state index < -0.39 is 5.82 Å². The van der Waals surface area contributed by atoms with Gasteiger partial charge in [0.1, 0.15) is 5.82 Å². The van der Waals surface area contributed by atoms with Crippen molar-refractivity contribution in [2.45, 2.75) is 19.3 Å². The Balaban J connectivity index is 1.74. The van der Waals surface area contributed by atoms with Gasteiger partial charge < -0.3 is 9.80 Å². The van der Waals surface area contributed by atoms with Crippen LogP contribution in [0.15, 0.2) is 18.2 Å². The van der Waals surface area contributed by atoms with Crippen molar-refractivity contribution in [1.29, 1.82) is 0 Å². The van der Waals surface area contributed by atoms with Crippen LogP contribution < -0.4 is 4.90 Å². The van der Waals surface area contributed by atoms with E-state index in [0.717, 1.165) is 25.9 Å². The second-order valence-corrected chi connectivity index (χ2v) is 5.94. The van der Waals surface area contributed by atoms with Gasteiger partial charge in [0.15, 0.2) is 0 Å². The maximum absolute atomic E-state index is 13.2. The van der Waals surface area contributed by atoms with Gasteiger partial charge in [0.2, 0.25) is 11.8 Å². The first-order valence-corrected chi connectivity index (χ1v) is 7.48. The van der Waals surface area contributed by atoms with Crippen molar-refractivity contribution in [3.8, 4) is 0 Å². The molecular formula is C15H16ClFN2O2. The Bertz CT molecular complexity index is 587. The molecule has 2 saturated heterocycles. The molecule has 0 spiro atoms. The number of anilines is 1. The van der Waals surface area contributed by atoms with E-state index in [1.165, 1.54) is 23.1 Å². The second-order valence-electron chi connectivity index (χ2n) is 5.54. The summed E-state index contributed by atoms with van der Waals surface area (Å²) in [5.41, 5.74) is 0.545. The van der Waals surface area contributed by atoms with Gasteiger partial charge in [0.05, 0.1) is 10.9 Å². The molecule has 1 unspecified atom stereocenters. The van der Waals surface area contributed by atoms with Gasteiger partial charge in [-0.1, -0.05) is 11.6 Å². The Kier molecular flexibility index (Phi) is 3.85. The molecule has 1 aromatic carbocycles. The lowest BCUT2D eigenvalue weighted by Crippen LogP contribution is -2.35. The lowest BCUT2D eigenvalue weighted by molar-refractivity contribution is -0.134. The zero-order valence-corrected chi connectivity index (χ0v) is 12.3. The van der Waals surface area contributed by atoms with Crippen LogP contribution in [0.4, 0.5) is 10.1 Å². The SMILES string of the molecule is O=C(C1CC(=O)N(c2ccc(F)c(Cl)c2)C1)N1CCCC1. The molecule has 2 heterocycles. The summed E-state index contributed by atoms with van der Waals surface area (Å²) in [6, 6.07) is 4.18. The molecule has 0 radical (unpaired) electrons. The van der Waals surface area contributed by atoms with Gasteiger partial charge in [-0.15, -0.1) is 0 Å². The zero-order valence-electron chi connectivity index (χ0n) is 11.5. The molecular weight excluding hydrogens is 295 g/mol. The third-order valence-corrected chi connectivity index (χ3v) is 4.40. The summed E-state index contributed by atoms with van der Waals surface area (Å²) in [5.74, 6) is -0.886. The van der Waals surface area contributed by atoms with Crippen LogP contribution in [0.5, 0.6) is 0 Å². The molecule has 1 atom stereocenters. The van der Waals surface area contributed by atoms with E-state index in [2.05, 4.69) is 0 Å². The summed E-state index contributed by atoms with van der Waals surface area (Å²) < 4.78 is 13.2. The Morgan fingerprint density at radius 2 is 2.00 bits per heavy atom. The predicted octanol–water partition coefficient (Wildman–Crippen LogP) is 2.45. The number of likely N-dealkylation sites (tertiary alicyclic amines) is 1.